The van der Waals surface area contributed by atoms with Gasteiger partial charge in [0, 0.05) is 45.8 Å². The van der Waals surface area contributed by atoms with Crippen LogP contribution in [0.1, 0.15) is 5.69 Å². The van der Waals surface area contributed by atoms with Crippen molar-refractivity contribution in [3.8, 4) is 0 Å². The van der Waals surface area contributed by atoms with Crippen molar-refractivity contribution >= 4 is 9.84 Å². The molecule has 0 spiro atoms. The van der Waals surface area contributed by atoms with Crippen LogP contribution in [-0.2, 0) is 23.4 Å². The third kappa shape index (κ3) is 2.80. The van der Waals surface area contributed by atoms with Crippen molar-refractivity contribution in [3.05, 3.63) is 11.9 Å². The molecular formula is C11H19N5O2S. The first kappa shape index (κ1) is 13.0. The van der Waals surface area contributed by atoms with E-state index in [0.29, 0.717) is 30.6 Å². The van der Waals surface area contributed by atoms with Gasteiger partial charge in [0.25, 0.3) is 0 Å². The second kappa shape index (κ2) is 4.84. The zero-order valence-electron chi connectivity index (χ0n) is 11.1. The van der Waals surface area contributed by atoms with Gasteiger partial charge in [-0.05, 0) is 0 Å². The van der Waals surface area contributed by atoms with E-state index in [2.05, 4.69) is 20.1 Å². The number of nitrogens with zero attached hydrogens (tertiary/aromatic N) is 5. The topological polar surface area (TPSA) is 71.3 Å². The smallest absolute Gasteiger partial charge is 0.152 e. The molecule has 1 aromatic heterocycles. The van der Waals surface area contributed by atoms with Crippen molar-refractivity contribution in [2.75, 3.05) is 37.7 Å². The predicted octanol–water partition coefficient (Wildman–Crippen LogP) is -1.27. The first-order valence-electron chi connectivity index (χ1n) is 6.54. The molecule has 0 saturated carbocycles. The Morgan fingerprint density at radius 2 is 2.00 bits per heavy atom. The van der Waals surface area contributed by atoms with Crippen LogP contribution in [0, 0.1) is 0 Å². The summed E-state index contributed by atoms with van der Waals surface area (Å²) in [5, 5.41) is 7.78. The van der Waals surface area contributed by atoms with Crippen LogP contribution >= 0.6 is 0 Å². The lowest BCUT2D eigenvalue weighted by atomic mass is 10.1. The number of aromatic nitrogens is 3. The summed E-state index contributed by atoms with van der Waals surface area (Å²) >= 11 is 0. The lowest BCUT2D eigenvalue weighted by Crippen LogP contribution is -2.61. The fraction of sp³-hybridized carbons (Fsp3) is 0.818. The molecule has 2 aliphatic rings. The Morgan fingerprint density at radius 1 is 1.32 bits per heavy atom. The zero-order valence-corrected chi connectivity index (χ0v) is 11.9. The third-order valence-electron chi connectivity index (χ3n) is 4.03. The maximum absolute atomic E-state index is 11.4. The molecule has 2 aliphatic heterocycles. The molecule has 2 saturated heterocycles. The quantitative estimate of drug-likeness (QED) is 0.689. The molecule has 3 rings (SSSR count). The molecule has 7 nitrogen and oxygen atoms in total. The van der Waals surface area contributed by atoms with Crippen LogP contribution in [0.25, 0.3) is 0 Å². The molecule has 8 heteroatoms. The Balaban J connectivity index is 1.47. The Labute approximate surface area is 113 Å². The lowest BCUT2D eigenvalue weighted by molar-refractivity contribution is 0.0319. The van der Waals surface area contributed by atoms with E-state index >= 15 is 0 Å². The van der Waals surface area contributed by atoms with Gasteiger partial charge in [-0.25, -0.2) is 8.42 Å². The van der Waals surface area contributed by atoms with Gasteiger partial charge in [-0.3, -0.25) is 14.5 Å². The van der Waals surface area contributed by atoms with E-state index in [1.54, 1.807) is 10.9 Å². The highest BCUT2D eigenvalue weighted by Gasteiger charge is 2.34. The van der Waals surface area contributed by atoms with Gasteiger partial charge in [-0.15, -0.1) is 5.10 Å². The molecule has 0 atom stereocenters. The van der Waals surface area contributed by atoms with Crippen molar-refractivity contribution in [1.82, 2.24) is 24.8 Å². The number of sulfone groups is 1. The van der Waals surface area contributed by atoms with Crippen LogP contribution in [0.2, 0.25) is 0 Å². The van der Waals surface area contributed by atoms with Crippen molar-refractivity contribution in [2.24, 2.45) is 7.05 Å². The van der Waals surface area contributed by atoms with E-state index in [0.717, 1.165) is 25.3 Å². The molecule has 0 unspecified atom stereocenters. The summed E-state index contributed by atoms with van der Waals surface area (Å²) in [5.41, 5.74) is 1.11. The molecule has 19 heavy (non-hydrogen) atoms. The fourth-order valence-corrected chi connectivity index (χ4v) is 3.91. The predicted molar refractivity (Wildman–Crippen MR) is 70.3 cm³/mol. The summed E-state index contributed by atoms with van der Waals surface area (Å²) < 4.78 is 24.6. The SMILES string of the molecule is Cn1nncc1CN1CC(N2CCS(=O)(=O)CC2)C1. The summed E-state index contributed by atoms with van der Waals surface area (Å²) in [6.07, 6.45) is 1.79. The maximum Gasteiger partial charge on any atom is 0.152 e. The highest BCUT2D eigenvalue weighted by molar-refractivity contribution is 7.91. The van der Waals surface area contributed by atoms with Crippen LogP contribution in [0.5, 0.6) is 0 Å². The van der Waals surface area contributed by atoms with Gasteiger partial charge < -0.3 is 0 Å². The van der Waals surface area contributed by atoms with Gasteiger partial charge in [-0.2, -0.15) is 0 Å². The van der Waals surface area contributed by atoms with Crippen molar-refractivity contribution in [2.45, 2.75) is 12.6 Å². The normalized spacial score (nSPS) is 25.3. The summed E-state index contributed by atoms with van der Waals surface area (Å²) in [7, 11) is -0.871. The van der Waals surface area contributed by atoms with Crippen molar-refractivity contribution in [3.63, 3.8) is 0 Å². The number of rotatable bonds is 3. The minimum atomic E-state index is -2.77. The average molecular weight is 285 g/mol. The average Bonchev–Trinajstić information content (AvgIpc) is 2.70. The molecular weight excluding hydrogens is 266 g/mol. The summed E-state index contributed by atoms with van der Waals surface area (Å²) in [6, 6.07) is 0.511. The monoisotopic (exact) mass is 285 g/mol. The number of aryl methyl sites for hydroxylation is 1. The third-order valence-corrected chi connectivity index (χ3v) is 5.64. The Hall–Kier alpha value is -0.990. The van der Waals surface area contributed by atoms with E-state index in [-0.39, 0.29) is 0 Å². The van der Waals surface area contributed by atoms with Crippen molar-refractivity contribution < 1.29 is 8.42 Å². The molecule has 0 radical (unpaired) electrons. The highest BCUT2D eigenvalue weighted by atomic mass is 32.2. The summed E-state index contributed by atoms with van der Waals surface area (Å²) in [6.45, 7) is 4.25. The number of likely N-dealkylation sites (tertiary alicyclic amines) is 1. The number of hydrogen-bond acceptors (Lipinski definition) is 6. The Morgan fingerprint density at radius 3 is 2.58 bits per heavy atom. The zero-order chi connectivity index (χ0) is 13.5. The molecule has 2 fully saturated rings. The van der Waals surface area contributed by atoms with E-state index in [4.69, 9.17) is 0 Å². The van der Waals surface area contributed by atoms with Crippen LogP contribution in [0.4, 0.5) is 0 Å². The molecule has 0 N–H and O–H groups in total. The minimum absolute atomic E-state index is 0.315. The largest absolute Gasteiger partial charge is 0.296 e. The molecule has 0 bridgehead atoms. The van der Waals surface area contributed by atoms with Crippen LogP contribution in [-0.4, -0.2) is 76.9 Å². The molecule has 0 aliphatic carbocycles. The minimum Gasteiger partial charge on any atom is -0.296 e. The van der Waals surface area contributed by atoms with E-state index in [1.807, 2.05) is 7.05 Å². The summed E-state index contributed by atoms with van der Waals surface area (Å²) in [4.78, 5) is 4.64. The van der Waals surface area contributed by atoms with Gasteiger partial charge in [0.2, 0.25) is 0 Å². The molecule has 1 aromatic rings. The lowest BCUT2D eigenvalue weighted by Gasteiger charge is -2.46. The first-order chi connectivity index (χ1) is 9.03. The molecule has 0 aromatic carbocycles. The second-order valence-electron chi connectivity index (χ2n) is 5.38. The van der Waals surface area contributed by atoms with Crippen LogP contribution in [0.3, 0.4) is 0 Å². The standard InChI is InChI=1S/C11H19N5O2S/c1-14-10(6-12-13-14)7-15-8-11(9-15)16-2-4-19(17,18)5-3-16/h6,11H,2-5,7-9H2,1H3. The van der Waals surface area contributed by atoms with E-state index in [1.165, 1.54) is 0 Å². The van der Waals surface area contributed by atoms with Crippen molar-refractivity contribution in [1.29, 1.82) is 0 Å². The first-order valence-corrected chi connectivity index (χ1v) is 8.36. The van der Waals surface area contributed by atoms with Crippen LogP contribution < -0.4 is 0 Å². The van der Waals surface area contributed by atoms with Gasteiger partial charge in [0.1, 0.15) is 0 Å². The Bertz CT molecular complexity index is 535. The highest BCUT2D eigenvalue weighted by Crippen LogP contribution is 2.19. The number of hydrogen-bond donors (Lipinski definition) is 0. The van der Waals surface area contributed by atoms with Crippen LogP contribution in [0.15, 0.2) is 6.20 Å². The van der Waals surface area contributed by atoms with Gasteiger partial charge in [0.05, 0.1) is 23.4 Å². The van der Waals surface area contributed by atoms with E-state index in [9.17, 15) is 8.42 Å². The fourth-order valence-electron chi connectivity index (χ4n) is 2.68. The van der Waals surface area contributed by atoms with Gasteiger partial charge in [-0.1, -0.05) is 5.21 Å². The maximum atomic E-state index is 11.4. The summed E-state index contributed by atoms with van der Waals surface area (Å²) in [5.74, 6) is 0.629. The van der Waals surface area contributed by atoms with Gasteiger partial charge >= 0.3 is 0 Å². The molecule has 0 amide bonds. The Kier molecular flexibility index (Phi) is 3.32. The second-order valence-corrected chi connectivity index (χ2v) is 7.69. The van der Waals surface area contributed by atoms with Gasteiger partial charge in [0.15, 0.2) is 9.84 Å². The van der Waals surface area contributed by atoms with E-state index < -0.39 is 9.84 Å². The molecule has 3 heterocycles. The molecule has 106 valence electrons.